The fraction of sp³-hybridized carbons (Fsp3) is 0.611. The number of rotatable bonds is 5. The molecule has 1 amide bonds. The molecule has 0 radical (unpaired) electrons. The molecule has 1 aliphatic rings. The number of hydrogen-bond acceptors (Lipinski definition) is 3. The Bertz CT molecular complexity index is 476. The fourth-order valence-corrected chi connectivity index (χ4v) is 2.94. The van der Waals surface area contributed by atoms with Crippen molar-refractivity contribution < 1.29 is 9.90 Å². The van der Waals surface area contributed by atoms with Crippen LogP contribution >= 0.6 is 0 Å². The molecule has 1 N–H and O–H groups in total. The number of aryl methyl sites for hydroxylation is 1. The van der Waals surface area contributed by atoms with Gasteiger partial charge in [-0.3, -0.25) is 4.79 Å². The van der Waals surface area contributed by atoms with Crippen molar-refractivity contribution in [3.63, 3.8) is 0 Å². The van der Waals surface area contributed by atoms with Gasteiger partial charge in [0.25, 0.3) is 0 Å². The summed E-state index contributed by atoms with van der Waals surface area (Å²) >= 11 is 0. The Morgan fingerprint density at radius 1 is 1.27 bits per heavy atom. The molecule has 0 aliphatic carbocycles. The van der Waals surface area contributed by atoms with Crippen molar-refractivity contribution in [3.05, 3.63) is 35.4 Å². The van der Waals surface area contributed by atoms with Gasteiger partial charge in [-0.2, -0.15) is 0 Å². The molecule has 0 aromatic heterocycles. The van der Waals surface area contributed by atoms with E-state index in [1.807, 2.05) is 38.4 Å². The van der Waals surface area contributed by atoms with E-state index in [1.54, 1.807) is 4.90 Å². The average Bonchev–Trinajstić information content (AvgIpc) is 2.49. The van der Waals surface area contributed by atoms with Gasteiger partial charge in [-0.05, 0) is 44.3 Å². The Kier molecular flexibility index (Phi) is 5.98. The SMILES string of the molecule is Cc1ccc(C(O)CN2CCC(CC(=O)N(C)C)CC2)cc1. The molecule has 122 valence electrons. The number of β-amino-alcohol motifs (C(OH)–C–C–N with tert-alkyl or cyclic N) is 1. The van der Waals surface area contributed by atoms with Crippen LogP contribution in [-0.2, 0) is 4.79 Å². The van der Waals surface area contributed by atoms with Crippen molar-refractivity contribution >= 4 is 5.91 Å². The predicted molar refractivity (Wildman–Crippen MR) is 88.6 cm³/mol. The zero-order chi connectivity index (χ0) is 16.1. The van der Waals surface area contributed by atoms with Crippen molar-refractivity contribution in [2.24, 2.45) is 5.92 Å². The Labute approximate surface area is 133 Å². The monoisotopic (exact) mass is 304 g/mol. The van der Waals surface area contributed by atoms with Crippen molar-refractivity contribution in [2.45, 2.75) is 32.3 Å². The minimum atomic E-state index is -0.430. The van der Waals surface area contributed by atoms with Crippen LogP contribution in [0.15, 0.2) is 24.3 Å². The normalized spacial score (nSPS) is 18.2. The first kappa shape index (κ1) is 17.0. The van der Waals surface area contributed by atoms with Crippen LogP contribution in [0.3, 0.4) is 0 Å². The third-order valence-electron chi connectivity index (χ3n) is 4.56. The number of hydrogen-bond donors (Lipinski definition) is 1. The van der Waals surface area contributed by atoms with Crippen LogP contribution in [0.2, 0.25) is 0 Å². The second kappa shape index (κ2) is 7.75. The smallest absolute Gasteiger partial charge is 0.222 e. The van der Waals surface area contributed by atoms with E-state index in [9.17, 15) is 9.90 Å². The summed E-state index contributed by atoms with van der Waals surface area (Å²) in [6.07, 6.45) is 2.31. The Balaban J connectivity index is 1.77. The molecule has 0 bridgehead atoms. The summed E-state index contributed by atoms with van der Waals surface area (Å²) < 4.78 is 0. The van der Waals surface area contributed by atoms with Gasteiger partial charge in [-0.15, -0.1) is 0 Å². The first-order valence-corrected chi connectivity index (χ1v) is 8.13. The maximum Gasteiger partial charge on any atom is 0.222 e. The lowest BCUT2D eigenvalue weighted by molar-refractivity contribution is -0.130. The number of carbonyl (C=O) groups is 1. The lowest BCUT2D eigenvalue weighted by Crippen LogP contribution is -2.38. The molecular weight excluding hydrogens is 276 g/mol. The van der Waals surface area contributed by atoms with Crippen molar-refractivity contribution in [2.75, 3.05) is 33.7 Å². The Hall–Kier alpha value is -1.39. The lowest BCUT2D eigenvalue weighted by Gasteiger charge is -2.33. The van der Waals surface area contributed by atoms with E-state index in [0.717, 1.165) is 31.5 Å². The van der Waals surface area contributed by atoms with Crippen LogP contribution in [0, 0.1) is 12.8 Å². The van der Waals surface area contributed by atoms with Gasteiger partial charge in [-0.25, -0.2) is 0 Å². The summed E-state index contributed by atoms with van der Waals surface area (Å²) in [5, 5.41) is 10.3. The molecule has 1 atom stereocenters. The Morgan fingerprint density at radius 3 is 2.41 bits per heavy atom. The summed E-state index contributed by atoms with van der Waals surface area (Å²) in [6, 6.07) is 8.08. The molecule has 1 aromatic rings. The van der Waals surface area contributed by atoms with Gasteiger partial charge < -0.3 is 14.9 Å². The van der Waals surface area contributed by atoms with E-state index in [-0.39, 0.29) is 5.91 Å². The maximum absolute atomic E-state index is 11.8. The molecule has 1 heterocycles. The van der Waals surface area contributed by atoms with Crippen molar-refractivity contribution in [1.29, 1.82) is 0 Å². The summed E-state index contributed by atoms with van der Waals surface area (Å²) in [5.74, 6) is 0.709. The van der Waals surface area contributed by atoms with Gasteiger partial charge in [0, 0.05) is 27.1 Å². The molecule has 1 aliphatic heterocycles. The predicted octanol–water partition coefficient (Wildman–Crippen LogP) is 2.22. The van der Waals surface area contributed by atoms with E-state index >= 15 is 0 Å². The number of likely N-dealkylation sites (tertiary alicyclic amines) is 1. The summed E-state index contributed by atoms with van der Waals surface area (Å²) in [6.45, 7) is 4.66. The lowest BCUT2D eigenvalue weighted by atomic mass is 9.92. The highest BCUT2D eigenvalue weighted by Crippen LogP contribution is 2.23. The molecule has 1 saturated heterocycles. The topological polar surface area (TPSA) is 43.8 Å². The van der Waals surface area contributed by atoms with E-state index < -0.39 is 6.10 Å². The number of amides is 1. The molecule has 0 spiro atoms. The third kappa shape index (κ3) is 4.82. The zero-order valence-corrected chi connectivity index (χ0v) is 14.0. The minimum Gasteiger partial charge on any atom is -0.387 e. The summed E-state index contributed by atoms with van der Waals surface area (Å²) in [4.78, 5) is 15.7. The number of piperidine rings is 1. The Morgan fingerprint density at radius 2 is 1.86 bits per heavy atom. The molecule has 22 heavy (non-hydrogen) atoms. The van der Waals surface area contributed by atoms with Gasteiger partial charge in [0.1, 0.15) is 0 Å². The van der Waals surface area contributed by atoms with Crippen LogP contribution in [0.4, 0.5) is 0 Å². The summed E-state index contributed by atoms with van der Waals surface area (Å²) in [5.41, 5.74) is 2.19. The maximum atomic E-state index is 11.8. The molecule has 1 fully saturated rings. The van der Waals surface area contributed by atoms with Crippen LogP contribution in [0.25, 0.3) is 0 Å². The molecular formula is C18H28N2O2. The fourth-order valence-electron chi connectivity index (χ4n) is 2.94. The number of nitrogens with zero attached hydrogens (tertiary/aromatic N) is 2. The first-order chi connectivity index (χ1) is 10.5. The van der Waals surface area contributed by atoms with Gasteiger partial charge >= 0.3 is 0 Å². The van der Waals surface area contributed by atoms with E-state index in [2.05, 4.69) is 11.8 Å². The molecule has 2 rings (SSSR count). The van der Waals surface area contributed by atoms with Crippen LogP contribution in [-0.4, -0.2) is 54.5 Å². The highest BCUT2D eigenvalue weighted by Gasteiger charge is 2.23. The van der Waals surface area contributed by atoms with Crippen molar-refractivity contribution in [3.8, 4) is 0 Å². The van der Waals surface area contributed by atoms with Crippen molar-refractivity contribution in [1.82, 2.24) is 9.80 Å². The van der Waals surface area contributed by atoms with Crippen LogP contribution < -0.4 is 0 Å². The van der Waals surface area contributed by atoms with Crippen LogP contribution in [0.1, 0.15) is 36.5 Å². The molecule has 1 unspecified atom stereocenters. The van der Waals surface area contributed by atoms with Gasteiger partial charge in [0.15, 0.2) is 0 Å². The van der Waals surface area contributed by atoms with Crippen LogP contribution in [0.5, 0.6) is 0 Å². The van der Waals surface area contributed by atoms with Gasteiger partial charge in [0.2, 0.25) is 5.91 Å². The third-order valence-corrected chi connectivity index (χ3v) is 4.56. The molecule has 0 saturated carbocycles. The second-order valence-electron chi connectivity index (χ2n) is 6.66. The highest BCUT2D eigenvalue weighted by molar-refractivity contribution is 5.75. The number of carbonyl (C=O) groups excluding carboxylic acids is 1. The largest absolute Gasteiger partial charge is 0.387 e. The quantitative estimate of drug-likeness (QED) is 0.907. The molecule has 4 heteroatoms. The highest BCUT2D eigenvalue weighted by atomic mass is 16.3. The first-order valence-electron chi connectivity index (χ1n) is 8.13. The molecule has 4 nitrogen and oxygen atoms in total. The van der Waals surface area contributed by atoms with Gasteiger partial charge in [-0.1, -0.05) is 29.8 Å². The number of aliphatic hydroxyl groups excluding tert-OH is 1. The summed E-state index contributed by atoms with van der Waals surface area (Å²) in [7, 11) is 3.63. The minimum absolute atomic E-state index is 0.221. The van der Waals surface area contributed by atoms with E-state index in [1.165, 1.54) is 5.56 Å². The molecule has 1 aromatic carbocycles. The average molecular weight is 304 g/mol. The van der Waals surface area contributed by atoms with E-state index in [0.29, 0.717) is 18.9 Å². The number of benzene rings is 1. The van der Waals surface area contributed by atoms with Gasteiger partial charge in [0.05, 0.1) is 6.10 Å². The standard InChI is InChI=1S/C18H28N2O2/c1-14-4-6-16(7-5-14)17(21)13-20-10-8-15(9-11-20)12-18(22)19(2)3/h4-7,15,17,21H,8-13H2,1-3H3. The number of aliphatic hydroxyl groups is 1. The van der Waals surface area contributed by atoms with E-state index in [4.69, 9.17) is 0 Å². The second-order valence-corrected chi connectivity index (χ2v) is 6.66. The zero-order valence-electron chi connectivity index (χ0n) is 14.0.